The fourth-order valence-corrected chi connectivity index (χ4v) is 1.71. The van der Waals surface area contributed by atoms with Crippen molar-refractivity contribution < 1.29 is 28.6 Å². The first-order chi connectivity index (χ1) is 12.1. The van der Waals surface area contributed by atoms with Crippen molar-refractivity contribution in [2.45, 2.75) is 13.3 Å². The van der Waals surface area contributed by atoms with Crippen LogP contribution < -0.4 is 16.0 Å². The Hall–Kier alpha value is -1.23. The summed E-state index contributed by atoms with van der Waals surface area (Å²) in [5.41, 5.74) is 0. The molecule has 0 aromatic rings. The molecule has 0 bridgehead atoms. The molecule has 0 radical (unpaired) electrons. The zero-order valence-electron chi connectivity index (χ0n) is 14.6. The summed E-state index contributed by atoms with van der Waals surface area (Å²) in [5, 5.41) is 8.12. The molecule has 0 atom stereocenters. The summed E-state index contributed by atoms with van der Waals surface area (Å²) < 4.78 is 15.5. The molecule has 146 valence electrons. The standard InChI is InChI=1S/C15H28BrN3O6/c1-2-6-24-11-15(22)19-5-7-23-8-9-25-12-14(21)18-4-3-17-13(20)10-16/h2-12H2,1H3,(H,17,20)(H,18,21)(H,19,22). The van der Waals surface area contributed by atoms with Crippen molar-refractivity contribution in [2.75, 3.05) is 64.6 Å². The maximum atomic E-state index is 11.4. The van der Waals surface area contributed by atoms with E-state index in [1.807, 2.05) is 6.92 Å². The fourth-order valence-electron chi connectivity index (χ4n) is 1.51. The number of hydrogen-bond donors (Lipinski definition) is 3. The monoisotopic (exact) mass is 425 g/mol. The molecule has 0 fully saturated rings. The van der Waals surface area contributed by atoms with Gasteiger partial charge in [-0.2, -0.15) is 0 Å². The minimum absolute atomic E-state index is 0.0614. The van der Waals surface area contributed by atoms with Crippen LogP contribution in [-0.4, -0.2) is 82.3 Å². The normalized spacial score (nSPS) is 10.3. The third kappa shape index (κ3) is 17.4. The Morgan fingerprint density at radius 1 is 0.720 bits per heavy atom. The van der Waals surface area contributed by atoms with Crippen molar-refractivity contribution in [2.24, 2.45) is 0 Å². The molecule has 0 heterocycles. The molecule has 0 aliphatic carbocycles. The van der Waals surface area contributed by atoms with Gasteiger partial charge in [-0.1, -0.05) is 22.9 Å². The smallest absolute Gasteiger partial charge is 0.246 e. The van der Waals surface area contributed by atoms with E-state index < -0.39 is 0 Å². The van der Waals surface area contributed by atoms with Crippen molar-refractivity contribution in [3.63, 3.8) is 0 Å². The Balaban J connectivity index is 3.30. The van der Waals surface area contributed by atoms with Gasteiger partial charge in [0.15, 0.2) is 0 Å². The second-order valence-electron chi connectivity index (χ2n) is 4.90. The predicted octanol–water partition coefficient (Wildman–Crippen LogP) is -0.810. The Bertz CT molecular complexity index is 384. The van der Waals surface area contributed by atoms with Crippen molar-refractivity contribution >= 4 is 33.7 Å². The highest BCUT2D eigenvalue weighted by atomic mass is 79.9. The van der Waals surface area contributed by atoms with Crippen LogP contribution in [0, 0.1) is 0 Å². The average Bonchev–Trinajstić information content (AvgIpc) is 2.60. The van der Waals surface area contributed by atoms with E-state index in [0.29, 0.717) is 39.5 Å². The third-order valence-corrected chi connectivity index (χ3v) is 3.16. The molecule has 3 N–H and O–H groups in total. The van der Waals surface area contributed by atoms with E-state index in [0.717, 1.165) is 6.42 Å². The number of hydrogen-bond acceptors (Lipinski definition) is 6. The van der Waals surface area contributed by atoms with Crippen LogP contribution in [0.5, 0.6) is 0 Å². The van der Waals surface area contributed by atoms with Crippen LogP contribution in [0.3, 0.4) is 0 Å². The Kier molecular flexibility index (Phi) is 16.7. The van der Waals surface area contributed by atoms with Gasteiger partial charge in [-0.15, -0.1) is 0 Å². The third-order valence-electron chi connectivity index (χ3n) is 2.65. The highest BCUT2D eigenvalue weighted by Gasteiger charge is 2.02. The second kappa shape index (κ2) is 17.6. The van der Waals surface area contributed by atoms with E-state index in [1.165, 1.54) is 0 Å². The van der Waals surface area contributed by atoms with Gasteiger partial charge in [-0.05, 0) is 6.42 Å². The lowest BCUT2D eigenvalue weighted by atomic mass is 10.5. The van der Waals surface area contributed by atoms with Crippen LogP contribution in [0.25, 0.3) is 0 Å². The quantitative estimate of drug-likeness (QED) is 0.220. The van der Waals surface area contributed by atoms with Gasteiger partial charge in [0.05, 0.1) is 25.2 Å². The number of nitrogens with one attached hydrogen (secondary N) is 3. The first kappa shape index (κ1) is 23.8. The van der Waals surface area contributed by atoms with E-state index in [2.05, 4.69) is 31.9 Å². The van der Waals surface area contributed by atoms with Crippen molar-refractivity contribution in [3.8, 4) is 0 Å². The molecule has 0 spiro atoms. The topological polar surface area (TPSA) is 115 Å². The highest BCUT2D eigenvalue weighted by molar-refractivity contribution is 9.09. The number of amides is 3. The van der Waals surface area contributed by atoms with Crippen LogP contribution in [0.4, 0.5) is 0 Å². The average molecular weight is 426 g/mol. The van der Waals surface area contributed by atoms with E-state index in [4.69, 9.17) is 14.2 Å². The second-order valence-corrected chi connectivity index (χ2v) is 5.46. The molecule has 3 amide bonds. The van der Waals surface area contributed by atoms with Crippen LogP contribution >= 0.6 is 15.9 Å². The first-order valence-corrected chi connectivity index (χ1v) is 9.31. The van der Waals surface area contributed by atoms with Gasteiger partial charge in [0.25, 0.3) is 0 Å². The summed E-state index contributed by atoms with van der Waals surface area (Å²) in [6.45, 7) is 4.62. The van der Waals surface area contributed by atoms with Gasteiger partial charge in [0.2, 0.25) is 17.7 Å². The first-order valence-electron chi connectivity index (χ1n) is 8.19. The van der Waals surface area contributed by atoms with E-state index in [1.54, 1.807) is 0 Å². The Morgan fingerprint density at radius 3 is 1.84 bits per heavy atom. The Morgan fingerprint density at radius 2 is 1.24 bits per heavy atom. The molecule has 9 nitrogen and oxygen atoms in total. The van der Waals surface area contributed by atoms with Crippen molar-refractivity contribution in [1.29, 1.82) is 0 Å². The van der Waals surface area contributed by atoms with Gasteiger partial charge < -0.3 is 30.2 Å². The zero-order valence-corrected chi connectivity index (χ0v) is 16.2. The van der Waals surface area contributed by atoms with Crippen molar-refractivity contribution in [3.05, 3.63) is 0 Å². The number of carbonyl (C=O) groups excluding carboxylic acids is 3. The largest absolute Gasteiger partial charge is 0.377 e. The molecule has 0 aliphatic rings. The van der Waals surface area contributed by atoms with Gasteiger partial charge in [0.1, 0.15) is 13.2 Å². The molecule has 0 unspecified atom stereocenters. The number of rotatable bonds is 16. The SMILES string of the molecule is CCCOCC(=O)NCCOCCOCC(=O)NCCNC(=O)CBr. The maximum absolute atomic E-state index is 11.4. The summed E-state index contributed by atoms with van der Waals surface area (Å²) in [7, 11) is 0. The zero-order chi connectivity index (χ0) is 18.8. The molecular formula is C15H28BrN3O6. The van der Waals surface area contributed by atoms with Crippen LogP contribution in [-0.2, 0) is 28.6 Å². The summed E-state index contributed by atoms with van der Waals surface area (Å²) in [5.74, 6) is -0.558. The lowest BCUT2D eigenvalue weighted by Crippen LogP contribution is -2.36. The summed E-state index contributed by atoms with van der Waals surface area (Å²) in [6.07, 6.45) is 0.877. The van der Waals surface area contributed by atoms with E-state index in [-0.39, 0.29) is 42.9 Å². The van der Waals surface area contributed by atoms with Gasteiger partial charge in [0, 0.05) is 26.2 Å². The lowest BCUT2D eigenvalue weighted by molar-refractivity contribution is -0.127. The summed E-state index contributed by atoms with van der Waals surface area (Å²) in [6, 6.07) is 0. The van der Waals surface area contributed by atoms with E-state index >= 15 is 0 Å². The number of alkyl halides is 1. The fraction of sp³-hybridized carbons (Fsp3) is 0.800. The molecule has 0 aromatic carbocycles. The number of ether oxygens (including phenoxy) is 3. The summed E-state index contributed by atoms with van der Waals surface area (Å²) in [4.78, 5) is 33.7. The molecule has 10 heteroatoms. The molecule has 0 aliphatic heterocycles. The van der Waals surface area contributed by atoms with Gasteiger partial charge >= 0.3 is 0 Å². The number of carbonyl (C=O) groups is 3. The van der Waals surface area contributed by atoms with Crippen LogP contribution in [0.2, 0.25) is 0 Å². The molecule has 0 aromatic heterocycles. The van der Waals surface area contributed by atoms with Crippen LogP contribution in [0.1, 0.15) is 13.3 Å². The molecular weight excluding hydrogens is 398 g/mol. The summed E-state index contributed by atoms with van der Waals surface area (Å²) >= 11 is 3.02. The van der Waals surface area contributed by atoms with Gasteiger partial charge in [-0.25, -0.2) is 0 Å². The predicted molar refractivity (Wildman–Crippen MR) is 95.6 cm³/mol. The molecule has 0 saturated heterocycles. The van der Waals surface area contributed by atoms with E-state index in [9.17, 15) is 14.4 Å². The molecule has 0 saturated carbocycles. The van der Waals surface area contributed by atoms with Gasteiger partial charge in [-0.3, -0.25) is 14.4 Å². The maximum Gasteiger partial charge on any atom is 0.246 e. The minimum atomic E-state index is -0.257. The van der Waals surface area contributed by atoms with Crippen LogP contribution in [0.15, 0.2) is 0 Å². The number of halogens is 1. The van der Waals surface area contributed by atoms with Crippen molar-refractivity contribution in [1.82, 2.24) is 16.0 Å². The molecule has 0 rings (SSSR count). The molecule has 25 heavy (non-hydrogen) atoms. The Labute approximate surface area is 156 Å². The minimum Gasteiger partial charge on any atom is -0.377 e. The lowest BCUT2D eigenvalue weighted by Gasteiger charge is -2.08. The highest BCUT2D eigenvalue weighted by Crippen LogP contribution is 1.82.